The van der Waals surface area contributed by atoms with Gasteiger partial charge in [-0.15, -0.1) is 24.0 Å². The number of ether oxygens (including phenoxy) is 1. The van der Waals surface area contributed by atoms with Gasteiger partial charge in [0.05, 0.1) is 12.7 Å². The zero-order valence-corrected chi connectivity index (χ0v) is 20.9. The van der Waals surface area contributed by atoms with E-state index >= 15 is 0 Å². The quantitative estimate of drug-likeness (QED) is 0.186. The standard InChI is InChI=1S/C22H38N6O.HI/c1-23-22(24-11-16-29-20-7-5-3-4-6-8-20)26-18-19-9-10-21(25-17-19)28-14-12-27(2)13-15-28;/h9-10,17,20H,3-8,11-16,18H2,1-2H3,(H2,23,24,26);1H. The Labute approximate surface area is 199 Å². The molecule has 0 atom stereocenters. The Balaban J connectivity index is 0.00000320. The summed E-state index contributed by atoms with van der Waals surface area (Å²) in [4.78, 5) is 13.7. The van der Waals surface area contributed by atoms with Gasteiger partial charge in [0.25, 0.3) is 0 Å². The van der Waals surface area contributed by atoms with E-state index in [0.29, 0.717) is 12.6 Å². The molecule has 7 nitrogen and oxygen atoms in total. The number of anilines is 1. The highest BCUT2D eigenvalue weighted by Gasteiger charge is 2.15. The average Bonchev–Trinajstić information content (AvgIpc) is 3.03. The summed E-state index contributed by atoms with van der Waals surface area (Å²) in [6.07, 6.45) is 10.2. The number of likely N-dealkylation sites (N-methyl/N-ethyl adjacent to an activating group) is 1. The van der Waals surface area contributed by atoms with Crippen molar-refractivity contribution in [1.82, 2.24) is 20.5 Å². The fourth-order valence-corrected chi connectivity index (χ4v) is 3.95. The molecule has 0 unspecified atom stereocenters. The Kier molecular flexibility index (Phi) is 11.8. The van der Waals surface area contributed by atoms with Crippen LogP contribution >= 0.6 is 24.0 Å². The topological polar surface area (TPSA) is 65.0 Å². The Morgan fingerprint density at radius 3 is 2.47 bits per heavy atom. The van der Waals surface area contributed by atoms with E-state index in [9.17, 15) is 0 Å². The first-order valence-corrected chi connectivity index (χ1v) is 11.2. The van der Waals surface area contributed by atoms with Gasteiger partial charge in [-0.3, -0.25) is 4.99 Å². The molecule has 2 fully saturated rings. The normalized spacial score (nSPS) is 19.1. The van der Waals surface area contributed by atoms with Crippen LogP contribution in [0.3, 0.4) is 0 Å². The number of piperazine rings is 1. The molecule has 0 amide bonds. The molecule has 0 bridgehead atoms. The van der Waals surface area contributed by atoms with Gasteiger partial charge in [0.15, 0.2) is 5.96 Å². The summed E-state index contributed by atoms with van der Waals surface area (Å²) >= 11 is 0. The Morgan fingerprint density at radius 1 is 1.10 bits per heavy atom. The van der Waals surface area contributed by atoms with Crippen molar-refractivity contribution in [3.63, 3.8) is 0 Å². The molecule has 170 valence electrons. The van der Waals surface area contributed by atoms with Gasteiger partial charge in [-0.1, -0.05) is 31.7 Å². The summed E-state index contributed by atoms with van der Waals surface area (Å²) in [5.41, 5.74) is 1.15. The molecule has 1 saturated carbocycles. The van der Waals surface area contributed by atoms with E-state index in [-0.39, 0.29) is 24.0 Å². The summed E-state index contributed by atoms with van der Waals surface area (Å²) in [7, 11) is 3.97. The maximum absolute atomic E-state index is 6.04. The van der Waals surface area contributed by atoms with Crippen LogP contribution in [0.15, 0.2) is 23.3 Å². The van der Waals surface area contributed by atoms with E-state index < -0.39 is 0 Å². The number of guanidine groups is 1. The number of aliphatic imine (C=N–C) groups is 1. The maximum atomic E-state index is 6.04. The molecular weight excluding hydrogens is 491 g/mol. The van der Waals surface area contributed by atoms with Gasteiger partial charge in [0.2, 0.25) is 0 Å². The van der Waals surface area contributed by atoms with Crippen LogP contribution in [0.4, 0.5) is 5.82 Å². The summed E-state index contributed by atoms with van der Waals surface area (Å²) in [5, 5.41) is 6.70. The third kappa shape index (κ3) is 8.55. The van der Waals surface area contributed by atoms with Gasteiger partial charge < -0.3 is 25.2 Å². The van der Waals surface area contributed by atoms with Crippen LogP contribution in [0.2, 0.25) is 0 Å². The second kappa shape index (κ2) is 14.0. The minimum atomic E-state index is 0. The molecule has 8 heteroatoms. The molecule has 30 heavy (non-hydrogen) atoms. The van der Waals surface area contributed by atoms with Crippen molar-refractivity contribution in [2.75, 3.05) is 58.3 Å². The fourth-order valence-electron chi connectivity index (χ4n) is 3.95. The van der Waals surface area contributed by atoms with E-state index in [2.05, 4.69) is 49.6 Å². The third-order valence-corrected chi connectivity index (χ3v) is 5.87. The van der Waals surface area contributed by atoms with Crippen molar-refractivity contribution < 1.29 is 4.74 Å². The number of hydrogen-bond donors (Lipinski definition) is 2. The predicted octanol–water partition coefficient (Wildman–Crippen LogP) is 2.86. The van der Waals surface area contributed by atoms with Crippen molar-refractivity contribution >= 4 is 35.8 Å². The summed E-state index contributed by atoms with van der Waals surface area (Å²) in [5.74, 6) is 1.87. The largest absolute Gasteiger partial charge is 0.376 e. The molecule has 1 aromatic rings. The van der Waals surface area contributed by atoms with Crippen LogP contribution in [-0.2, 0) is 11.3 Å². The van der Waals surface area contributed by atoms with E-state index in [1.54, 1.807) is 7.05 Å². The van der Waals surface area contributed by atoms with E-state index in [4.69, 9.17) is 4.74 Å². The average molecular weight is 530 g/mol. The molecule has 3 rings (SSSR count). The first-order chi connectivity index (χ1) is 14.2. The molecular formula is C22H39IN6O. The second-order valence-corrected chi connectivity index (χ2v) is 8.15. The van der Waals surface area contributed by atoms with Gasteiger partial charge in [0, 0.05) is 52.5 Å². The molecule has 1 aliphatic heterocycles. The van der Waals surface area contributed by atoms with E-state index in [1.165, 1.54) is 38.5 Å². The number of hydrogen-bond acceptors (Lipinski definition) is 5. The molecule has 0 spiro atoms. The molecule has 2 N–H and O–H groups in total. The number of halogens is 1. The van der Waals surface area contributed by atoms with Gasteiger partial charge in [-0.05, 0) is 31.5 Å². The minimum Gasteiger partial charge on any atom is -0.376 e. The lowest BCUT2D eigenvalue weighted by Crippen LogP contribution is -2.44. The van der Waals surface area contributed by atoms with Crippen LogP contribution in [0.25, 0.3) is 0 Å². The fraction of sp³-hybridized carbons (Fsp3) is 0.727. The lowest BCUT2D eigenvalue weighted by molar-refractivity contribution is 0.0468. The van der Waals surface area contributed by atoms with Crippen LogP contribution in [-0.4, -0.2) is 75.4 Å². The zero-order chi connectivity index (χ0) is 20.3. The second-order valence-electron chi connectivity index (χ2n) is 8.15. The Morgan fingerprint density at radius 2 is 1.83 bits per heavy atom. The van der Waals surface area contributed by atoms with Crippen molar-refractivity contribution in [1.29, 1.82) is 0 Å². The molecule has 0 radical (unpaired) electrons. The highest BCUT2D eigenvalue weighted by molar-refractivity contribution is 14.0. The summed E-state index contributed by atoms with van der Waals surface area (Å²) < 4.78 is 6.04. The molecule has 1 aliphatic carbocycles. The van der Waals surface area contributed by atoms with Crippen LogP contribution in [0.1, 0.15) is 44.1 Å². The highest BCUT2D eigenvalue weighted by atomic mass is 127. The highest BCUT2D eigenvalue weighted by Crippen LogP contribution is 2.19. The van der Waals surface area contributed by atoms with E-state index in [0.717, 1.165) is 56.7 Å². The number of pyridine rings is 1. The van der Waals surface area contributed by atoms with Gasteiger partial charge in [-0.25, -0.2) is 4.98 Å². The van der Waals surface area contributed by atoms with Crippen molar-refractivity contribution in [2.24, 2.45) is 4.99 Å². The first-order valence-electron chi connectivity index (χ1n) is 11.2. The lowest BCUT2D eigenvalue weighted by atomic mass is 10.1. The molecule has 2 heterocycles. The van der Waals surface area contributed by atoms with Crippen molar-refractivity contribution in [3.8, 4) is 0 Å². The van der Waals surface area contributed by atoms with Crippen LogP contribution < -0.4 is 15.5 Å². The molecule has 1 saturated heterocycles. The summed E-state index contributed by atoms with van der Waals surface area (Å²) in [6.45, 7) is 6.48. The monoisotopic (exact) mass is 530 g/mol. The lowest BCUT2D eigenvalue weighted by Gasteiger charge is -2.33. The molecule has 0 aromatic carbocycles. The number of aromatic nitrogens is 1. The predicted molar refractivity (Wildman–Crippen MR) is 135 cm³/mol. The third-order valence-electron chi connectivity index (χ3n) is 5.87. The maximum Gasteiger partial charge on any atom is 0.191 e. The van der Waals surface area contributed by atoms with Crippen LogP contribution in [0.5, 0.6) is 0 Å². The Bertz CT molecular complexity index is 611. The smallest absolute Gasteiger partial charge is 0.191 e. The number of rotatable bonds is 7. The van der Waals surface area contributed by atoms with E-state index in [1.807, 2.05) is 6.20 Å². The number of nitrogens with one attached hydrogen (secondary N) is 2. The zero-order valence-electron chi connectivity index (χ0n) is 18.6. The van der Waals surface area contributed by atoms with Gasteiger partial charge in [0.1, 0.15) is 5.82 Å². The number of nitrogens with zero attached hydrogens (tertiary/aromatic N) is 4. The summed E-state index contributed by atoms with van der Waals surface area (Å²) in [6, 6.07) is 4.27. The molecule has 1 aromatic heterocycles. The van der Waals surface area contributed by atoms with Crippen LogP contribution in [0, 0.1) is 0 Å². The van der Waals surface area contributed by atoms with Crippen molar-refractivity contribution in [2.45, 2.75) is 51.2 Å². The van der Waals surface area contributed by atoms with Gasteiger partial charge >= 0.3 is 0 Å². The first kappa shape index (κ1) is 25.1. The van der Waals surface area contributed by atoms with Gasteiger partial charge in [-0.2, -0.15) is 0 Å². The SMILES string of the molecule is CN=C(NCCOC1CCCCCC1)NCc1ccc(N2CCN(C)CC2)nc1.I. The van der Waals surface area contributed by atoms with Crippen molar-refractivity contribution in [3.05, 3.63) is 23.9 Å². The minimum absolute atomic E-state index is 0. The molecule has 2 aliphatic rings. The Hall–Kier alpha value is -1.13.